The lowest BCUT2D eigenvalue weighted by molar-refractivity contribution is -0.136. The SMILES string of the molecule is CCOC(=O)c1cc(NC(C)(C)C(=O)Nc2nc3c(C(F)(F)F)cc4[nH]ncc4c3s2)ccc1F. The number of hydrogen-bond donors (Lipinski definition) is 3. The highest BCUT2D eigenvalue weighted by Gasteiger charge is 2.36. The van der Waals surface area contributed by atoms with Gasteiger partial charge in [0.25, 0.3) is 5.91 Å². The van der Waals surface area contributed by atoms with Gasteiger partial charge in [0.15, 0.2) is 5.13 Å². The molecule has 35 heavy (non-hydrogen) atoms. The number of amides is 1. The Balaban J connectivity index is 1.61. The minimum Gasteiger partial charge on any atom is -0.462 e. The van der Waals surface area contributed by atoms with Gasteiger partial charge in [-0.3, -0.25) is 15.2 Å². The summed E-state index contributed by atoms with van der Waals surface area (Å²) in [5, 5.41) is 12.2. The Kier molecular flexibility index (Phi) is 6.13. The second-order valence-corrected chi connectivity index (χ2v) is 9.07. The van der Waals surface area contributed by atoms with E-state index >= 15 is 0 Å². The van der Waals surface area contributed by atoms with E-state index in [0.717, 1.165) is 23.5 Å². The van der Waals surface area contributed by atoms with Crippen LogP contribution < -0.4 is 10.6 Å². The van der Waals surface area contributed by atoms with Gasteiger partial charge in [0, 0.05) is 11.1 Å². The number of hydrogen-bond acceptors (Lipinski definition) is 7. The zero-order valence-electron chi connectivity index (χ0n) is 18.6. The number of nitrogens with one attached hydrogen (secondary N) is 3. The second-order valence-electron chi connectivity index (χ2n) is 8.07. The van der Waals surface area contributed by atoms with Gasteiger partial charge in [0.2, 0.25) is 0 Å². The van der Waals surface area contributed by atoms with Crippen molar-refractivity contribution in [3.63, 3.8) is 0 Å². The number of rotatable bonds is 6. The zero-order chi connectivity index (χ0) is 25.5. The van der Waals surface area contributed by atoms with Gasteiger partial charge < -0.3 is 10.1 Å². The molecule has 0 saturated heterocycles. The number of aromatic amines is 1. The number of H-pyrrole nitrogens is 1. The Bertz CT molecular complexity index is 1440. The normalized spacial score (nSPS) is 12.2. The monoisotopic (exact) mass is 509 g/mol. The quantitative estimate of drug-likeness (QED) is 0.239. The molecule has 2 heterocycles. The first-order valence-corrected chi connectivity index (χ1v) is 11.1. The van der Waals surface area contributed by atoms with Crippen LogP contribution in [0.1, 0.15) is 36.7 Å². The smallest absolute Gasteiger partial charge is 0.418 e. The van der Waals surface area contributed by atoms with Gasteiger partial charge in [-0.2, -0.15) is 18.3 Å². The minimum absolute atomic E-state index is 0.0367. The molecule has 0 aliphatic carbocycles. The molecule has 2 aromatic carbocycles. The van der Waals surface area contributed by atoms with Gasteiger partial charge in [-0.15, -0.1) is 0 Å². The van der Waals surface area contributed by atoms with Crippen molar-refractivity contribution >= 4 is 55.2 Å². The molecule has 1 amide bonds. The first-order valence-electron chi connectivity index (χ1n) is 10.3. The van der Waals surface area contributed by atoms with Crippen molar-refractivity contribution in [1.29, 1.82) is 0 Å². The first-order chi connectivity index (χ1) is 16.4. The van der Waals surface area contributed by atoms with E-state index in [1.54, 1.807) is 6.92 Å². The van der Waals surface area contributed by atoms with Crippen LogP contribution in [0.5, 0.6) is 0 Å². The molecule has 0 bridgehead atoms. The Hall–Kier alpha value is -3.74. The lowest BCUT2D eigenvalue weighted by Gasteiger charge is -2.26. The number of fused-ring (bicyclic) bond motifs is 3. The number of ether oxygens (including phenoxy) is 1. The average Bonchev–Trinajstić information content (AvgIpc) is 3.40. The molecule has 0 spiro atoms. The van der Waals surface area contributed by atoms with E-state index < -0.39 is 35.0 Å². The van der Waals surface area contributed by atoms with Crippen LogP contribution in [0.3, 0.4) is 0 Å². The lowest BCUT2D eigenvalue weighted by Crippen LogP contribution is -2.44. The summed E-state index contributed by atoms with van der Waals surface area (Å²) in [5.74, 6) is -2.25. The third-order valence-electron chi connectivity index (χ3n) is 5.10. The molecule has 0 atom stereocenters. The third kappa shape index (κ3) is 4.76. The van der Waals surface area contributed by atoms with Crippen molar-refractivity contribution in [1.82, 2.24) is 15.2 Å². The molecule has 3 N–H and O–H groups in total. The Morgan fingerprint density at radius 2 is 1.94 bits per heavy atom. The fraction of sp³-hybridized carbons (Fsp3) is 0.273. The number of nitrogens with zero attached hydrogens (tertiary/aromatic N) is 2. The predicted molar refractivity (Wildman–Crippen MR) is 123 cm³/mol. The van der Waals surface area contributed by atoms with Crippen molar-refractivity contribution < 1.29 is 31.9 Å². The number of anilines is 2. The van der Waals surface area contributed by atoms with Crippen molar-refractivity contribution in [2.24, 2.45) is 0 Å². The number of aromatic nitrogens is 3. The molecule has 184 valence electrons. The molecule has 0 aliphatic heterocycles. The Morgan fingerprint density at radius 1 is 1.20 bits per heavy atom. The molecule has 2 aromatic heterocycles. The third-order valence-corrected chi connectivity index (χ3v) is 6.10. The van der Waals surface area contributed by atoms with Crippen LogP contribution in [0.4, 0.5) is 28.4 Å². The number of benzene rings is 2. The highest BCUT2D eigenvalue weighted by Crippen LogP contribution is 2.41. The fourth-order valence-electron chi connectivity index (χ4n) is 3.39. The van der Waals surface area contributed by atoms with E-state index in [9.17, 15) is 27.2 Å². The maximum absolute atomic E-state index is 14.0. The van der Waals surface area contributed by atoms with Gasteiger partial charge in [0.05, 0.1) is 39.7 Å². The summed E-state index contributed by atoms with van der Waals surface area (Å²) in [6.07, 6.45) is -3.27. The number of alkyl halides is 3. The molecule has 0 saturated carbocycles. The zero-order valence-corrected chi connectivity index (χ0v) is 19.4. The van der Waals surface area contributed by atoms with Gasteiger partial charge >= 0.3 is 12.1 Å². The topological polar surface area (TPSA) is 109 Å². The van der Waals surface area contributed by atoms with Crippen molar-refractivity contribution in [2.45, 2.75) is 32.5 Å². The standard InChI is InChI=1S/C22H19F4N5O3S/c1-4-34-18(32)11-7-10(5-6-14(11)23)30-21(2,3)19(33)29-20-28-16-13(22(24,25)26)8-15-12(9-27-31-15)17(16)35-20/h5-9,30H,4H2,1-3H3,(H,27,31)(H,28,29,33). The van der Waals surface area contributed by atoms with E-state index in [1.165, 1.54) is 32.2 Å². The Morgan fingerprint density at radius 3 is 2.63 bits per heavy atom. The number of carbonyl (C=O) groups is 2. The highest BCUT2D eigenvalue weighted by atomic mass is 32.1. The lowest BCUT2D eigenvalue weighted by atomic mass is 10.0. The summed E-state index contributed by atoms with van der Waals surface area (Å²) in [7, 11) is 0. The largest absolute Gasteiger partial charge is 0.462 e. The van der Waals surface area contributed by atoms with Gasteiger partial charge in [-0.25, -0.2) is 14.2 Å². The van der Waals surface area contributed by atoms with Crippen LogP contribution >= 0.6 is 11.3 Å². The number of esters is 1. The molecule has 13 heteroatoms. The fourth-order valence-corrected chi connectivity index (χ4v) is 4.39. The summed E-state index contributed by atoms with van der Waals surface area (Å²) in [4.78, 5) is 29.0. The molecule has 0 aliphatic rings. The number of carbonyl (C=O) groups excluding carboxylic acids is 2. The summed E-state index contributed by atoms with van der Waals surface area (Å²) in [6.45, 7) is 4.67. The number of thiazole rings is 1. The first kappa shape index (κ1) is 24.4. The van der Waals surface area contributed by atoms with Crippen molar-refractivity contribution in [3.05, 3.63) is 47.4 Å². The predicted octanol–water partition coefficient (Wildman–Crippen LogP) is 5.34. The molecule has 4 rings (SSSR count). The van der Waals surface area contributed by atoms with E-state index in [1.807, 2.05) is 0 Å². The molecular formula is C22H19F4N5O3S. The van der Waals surface area contributed by atoms with E-state index in [2.05, 4.69) is 25.8 Å². The number of halogens is 4. The van der Waals surface area contributed by atoms with Gasteiger partial charge in [0.1, 0.15) is 11.4 Å². The summed E-state index contributed by atoms with van der Waals surface area (Å²) < 4.78 is 59.9. The van der Waals surface area contributed by atoms with Crippen LogP contribution in [0.2, 0.25) is 0 Å². The average molecular weight is 509 g/mol. The van der Waals surface area contributed by atoms with Crippen molar-refractivity contribution in [3.8, 4) is 0 Å². The molecular weight excluding hydrogens is 490 g/mol. The van der Waals surface area contributed by atoms with E-state index in [-0.39, 0.29) is 38.7 Å². The maximum atomic E-state index is 14.0. The minimum atomic E-state index is -4.66. The molecule has 4 aromatic rings. The van der Waals surface area contributed by atoms with Crippen LogP contribution in [0.15, 0.2) is 30.5 Å². The van der Waals surface area contributed by atoms with E-state index in [0.29, 0.717) is 5.39 Å². The van der Waals surface area contributed by atoms with Crippen LogP contribution in [-0.2, 0) is 15.7 Å². The molecule has 0 fully saturated rings. The molecule has 0 radical (unpaired) electrons. The summed E-state index contributed by atoms with van der Waals surface area (Å²) >= 11 is 0.885. The maximum Gasteiger partial charge on any atom is 0.418 e. The van der Waals surface area contributed by atoms with E-state index in [4.69, 9.17) is 4.74 Å². The van der Waals surface area contributed by atoms with Crippen LogP contribution in [0.25, 0.3) is 21.1 Å². The van der Waals surface area contributed by atoms with Gasteiger partial charge in [-0.1, -0.05) is 11.3 Å². The Labute approximate surface area is 199 Å². The highest BCUT2D eigenvalue weighted by molar-refractivity contribution is 7.23. The van der Waals surface area contributed by atoms with Crippen molar-refractivity contribution in [2.75, 3.05) is 17.2 Å². The molecule has 0 unspecified atom stereocenters. The van der Waals surface area contributed by atoms with Crippen LogP contribution in [-0.4, -0.2) is 39.2 Å². The summed E-state index contributed by atoms with van der Waals surface area (Å²) in [6, 6.07) is 4.55. The second kappa shape index (κ2) is 8.80. The van der Waals surface area contributed by atoms with Crippen LogP contribution in [0, 0.1) is 5.82 Å². The van der Waals surface area contributed by atoms with Gasteiger partial charge in [-0.05, 0) is 45.0 Å². The molecule has 8 nitrogen and oxygen atoms in total. The summed E-state index contributed by atoms with van der Waals surface area (Å²) in [5.41, 5.74) is -2.41.